The predicted octanol–water partition coefficient (Wildman–Crippen LogP) is 3.59. The summed E-state index contributed by atoms with van der Waals surface area (Å²) in [4.78, 5) is 28.7. The molecule has 0 saturated carbocycles. The summed E-state index contributed by atoms with van der Waals surface area (Å²) >= 11 is 0. The highest BCUT2D eigenvalue weighted by atomic mass is 16.6. The molecule has 0 bridgehead atoms. The first kappa shape index (κ1) is 18.3. The Morgan fingerprint density at radius 2 is 1.40 bits per heavy atom. The Kier molecular flexibility index (Phi) is 5.12. The zero-order chi connectivity index (χ0) is 18.1. The second-order valence-electron chi connectivity index (χ2n) is 8.93. The molecule has 0 aromatic heterocycles. The zero-order valence-electron chi connectivity index (χ0n) is 15.9. The normalized spacial score (nSPS) is 24.0. The van der Waals surface area contributed by atoms with Crippen LogP contribution in [0.3, 0.4) is 0 Å². The lowest BCUT2D eigenvalue weighted by Gasteiger charge is -2.47. The summed E-state index contributed by atoms with van der Waals surface area (Å²) < 4.78 is 5.49. The fraction of sp³-hybridized carbons (Fsp3) is 0.800. The van der Waals surface area contributed by atoms with E-state index in [1.165, 1.54) is 0 Å². The number of likely N-dealkylation sites (tertiary alicyclic amines) is 2. The number of hydrogen-bond acceptors (Lipinski definition) is 3. The second kappa shape index (κ2) is 7.00. The Morgan fingerprint density at radius 3 is 1.88 bits per heavy atom. The maximum absolute atomic E-state index is 12.6. The molecule has 0 N–H and O–H groups in total. The number of nitrogens with zero attached hydrogens (tertiary/aromatic N) is 2. The molecule has 0 unspecified atom stereocenters. The monoisotopic (exact) mass is 348 g/mol. The third-order valence-corrected chi connectivity index (χ3v) is 5.97. The third kappa shape index (κ3) is 4.36. The van der Waals surface area contributed by atoms with Crippen LogP contribution in [0.2, 0.25) is 0 Å². The van der Waals surface area contributed by atoms with E-state index in [2.05, 4.69) is 17.1 Å². The first-order valence-corrected chi connectivity index (χ1v) is 9.70. The molecule has 3 rings (SSSR count). The molecule has 140 valence electrons. The van der Waals surface area contributed by atoms with Crippen molar-refractivity contribution in [2.45, 2.75) is 64.9 Å². The van der Waals surface area contributed by atoms with Crippen LogP contribution in [0, 0.1) is 11.3 Å². The van der Waals surface area contributed by atoms with E-state index in [4.69, 9.17) is 4.74 Å². The number of piperidine rings is 2. The summed E-state index contributed by atoms with van der Waals surface area (Å²) in [6.07, 6.45) is 10.1. The van der Waals surface area contributed by atoms with Gasteiger partial charge in [0, 0.05) is 32.1 Å². The van der Waals surface area contributed by atoms with Crippen LogP contribution in [0.15, 0.2) is 12.2 Å². The third-order valence-electron chi connectivity index (χ3n) is 5.97. The van der Waals surface area contributed by atoms with Crippen molar-refractivity contribution in [1.82, 2.24) is 9.80 Å². The molecule has 25 heavy (non-hydrogen) atoms. The van der Waals surface area contributed by atoms with Gasteiger partial charge in [-0.2, -0.15) is 0 Å². The van der Waals surface area contributed by atoms with Crippen LogP contribution in [0.4, 0.5) is 4.79 Å². The Hall–Kier alpha value is -1.52. The Balaban J connectivity index is 1.47. The quantitative estimate of drug-likeness (QED) is 0.681. The molecule has 2 aliphatic heterocycles. The van der Waals surface area contributed by atoms with E-state index < -0.39 is 5.60 Å². The summed E-state index contributed by atoms with van der Waals surface area (Å²) in [5.74, 6) is 0.522. The molecule has 5 heteroatoms. The van der Waals surface area contributed by atoms with E-state index in [1.54, 1.807) is 0 Å². The van der Waals surface area contributed by atoms with Crippen molar-refractivity contribution < 1.29 is 14.3 Å². The van der Waals surface area contributed by atoms with Gasteiger partial charge in [0.05, 0.1) is 0 Å². The first-order valence-electron chi connectivity index (χ1n) is 9.70. The predicted molar refractivity (Wildman–Crippen MR) is 97.2 cm³/mol. The van der Waals surface area contributed by atoms with Crippen LogP contribution in [-0.2, 0) is 9.53 Å². The minimum atomic E-state index is -0.437. The van der Waals surface area contributed by atoms with Gasteiger partial charge < -0.3 is 14.5 Å². The zero-order valence-corrected chi connectivity index (χ0v) is 15.9. The molecular weight excluding hydrogens is 316 g/mol. The Labute approximate surface area is 151 Å². The van der Waals surface area contributed by atoms with Crippen molar-refractivity contribution in [3.63, 3.8) is 0 Å². The summed E-state index contributed by atoms with van der Waals surface area (Å²) in [5, 5.41) is 0. The summed E-state index contributed by atoms with van der Waals surface area (Å²) in [7, 11) is 0. The van der Waals surface area contributed by atoms with Crippen LogP contribution < -0.4 is 0 Å². The lowest BCUT2D eigenvalue weighted by Crippen LogP contribution is -2.50. The highest BCUT2D eigenvalue weighted by molar-refractivity contribution is 5.79. The number of carbonyl (C=O) groups is 2. The molecule has 2 heterocycles. The van der Waals surface area contributed by atoms with Crippen molar-refractivity contribution in [2.24, 2.45) is 11.3 Å². The first-order chi connectivity index (χ1) is 11.8. The van der Waals surface area contributed by atoms with Crippen LogP contribution in [0.5, 0.6) is 0 Å². The molecule has 0 radical (unpaired) electrons. The minimum absolute atomic E-state index is 0.183. The summed E-state index contributed by atoms with van der Waals surface area (Å²) in [5.41, 5.74) is -0.129. The average molecular weight is 348 g/mol. The molecule has 2 saturated heterocycles. The van der Waals surface area contributed by atoms with Gasteiger partial charge in [0.1, 0.15) is 5.60 Å². The molecule has 0 atom stereocenters. The van der Waals surface area contributed by atoms with Crippen LogP contribution in [-0.4, -0.2) is 53.6 Å². The molecule has 1 aliphatic carbocycles. The van der Waals surface area contributed by atoms with Gasteiger partial charge in [0.25, 0.3) is 0 Å². The fourth-order valence-corrected chi connectivity index (χ4v) is 4.27. The van der Waals surface area contributed by atoms with E-state index in [-0.39, 0.29) is 12.0 Å². The number of ether oxygens (including phenoxy) is 1. The van der Waals surface area contributed by atoms with Gasteiger partial charge in [-0.15, -0.1) is 0 Å². The van der Waals surface area contributed by atoms with Gasteiger partial charge in [0.15, 0.2) is 0 Å². The smallest absolute Gasteiger partial charge is 0.410 e. The van der Waals surface area contributed by atoms with E-state index >= 15 is 0 Å². The van der Waals surface area contributed by atoms with Gasteiger partial charge in [-0.3, -0.25) is 4.79 Å². The molecular formula is C20H32N2O3. The van der Waals surface area contributed by atoms with Crippen molar-refractivity contribution in [1.29, 1.82) is 0 Å². The highest BCUT2D eigenvalue weighted by Crippen LogP contribution is 2.42. The molecule has 1 spiro atoms. The largest absolute Gasteiger partial charge is 0.444 e. The standard InChI is InChI=1S/C20H32N2O3/c1-19(2,3)25-18(24)22-14-10-20(11-15-22)8-12-21(13-9-20)17(23)16-6-4-5-7-16/h4-5,16H,6-15H2,1-3H3. The van der Waals surface area contributed by atoms with Gasteiger partial charge in [-0.25, -0.2) is 4.79 Å². The molecule has 5 nitrogen and oxygen atoms in total. The van der Waals surface area contributed by atoms with Gasteiger partial charge in [-0.05, 0) is 64.7 Å². The SMILES string of the molecule is CC(C)(C)OC(=O)N1CCC2(CC1)CCN(C(=O)C1CC=CC1)CC2. The lowest BCUT2D eigenvalue weighted by molar-refractivity contribution is -0.138. The maximum Gasteiger partial charge on any atom is 0.410 e. The van der Waals surface area contributed by atoms with Crippen LogP contribution >= 0.6 is 0 Å². The number of allylic oxidation sites excluding steroid dienone is 2. The fourth-order valence-electron chi connectivity index (χ4n) is 4.27. The van der Waals surface area contributed by atoms with Gasteiger partial charge in [-0.1, -0.05) is 12.2 Å². The highest BCUT2D eigenvalue weighted by Gasteiger charge is 2.40. The minimum Gasteiger partial charge on any atom is -0.444 e. The summed E-state index contributed by atoms with van der Waals surface area (Å²) in [6.45, 7) is 9.02. The molecule has 2 amide bonds. The summed E-state index contributed by atoms with van der Waals surface area (Å²) in [6, 6.07) is 0. The van der Waals surface area contributed by atoms with Crippen molar-refractivity contribution in [3.05, 3.63) is 12.2 Å². The Bertz CT molecular complexity index is 524. The van der Waals surface area contributed by atoms with E-state index in [1.807, 2.05) is 25.7 Å². The molecule has 0 aromatic rings. The lowest BCUT2D eigenvalue weighted by atomic mass is 9.71. The molecule has 0 aromatic carbocycles. The van der Waals surface area contributed by atoms with Crippen molar-refractivity contribution in [3.8, 4) is 0 Å². The van der Waals surface area contributed by atoms with E-state index in [0.717, 1.165) is 64.7 Å². The Morgan fingerprint density at radius 1 is 0.920 bits per heavy atom. The molecule has 3 aliphatic rings. The number of hydrogen-bond donors (Lipinski definition) is 0. The number of amides is 2. The molecule has 2 fully saturated rings. The van der Waals surface area contributed by atoms with Crippen LogP contribution in [0.1, 0.15) is 59.3 Å². The number of rotatable bonds is 1. The second-order valence-corrected chi connectivity index (χ2v) is 8.93. The van der Waals surface area contributed by atoms with E-state index in [0.29, 0.717) is 11.3 Å². The van der Waals surface area contributed by atoms with Crippen LogP contribution in [0.25, 0.3) is 0 Å². The van der Waals surface area contributed by atoms with Crippen molar-refractivity contribution in [2.75, 3.05) is 26.2 Å². The van der Waals surface area contributed by atoms with Crippen molar-refractivity contribution >= 4 is 12.0 Å². The van der Waals surface area contributed by atoms with Gasteiger partial charge in [0.2, 0.25) is 5.91 Å². The van der Waals surface area contributed by atoms with E-state index in [9.17, 15) is 9.59 Å². The number of carbonyl (C=O) groups excluding carboxylic acids is 2. The maximum atomic E-state index is 12.6. The van der Waals surface area contributed by atoms with Gasteiger partial charge >= 0.3 is 6.09 Å². The topological polar surface area (TPSA) is 49.9 Å². The average Bonchev–Trinajstić information content (AvgIpc) is 3.08.